The number of benzene rings is 1. The van der Waals surface area contributed by atoms with Gasteiger partial charge in [0.15, 0.2) is 0 Å². The fourth-order valence-electron chi connectivity index (χ4n) is 1.08. The van der Waals surface area contributed by atoms with Gasteiger partial charge in [0.2, 0.25) is 0 Å². The van der Waals surface area contributed by atoms with Crippen LogP contribution in [0.2, 0.25) is 0 Å². The predicted octanol–water partition coefficient (Wildman–Crippen LogP) is -1.05. The van der Waals surface area contributed by atoms with Crippen LogP contribution in [0.3, 0.4) is 0 Å². The number of hydrogen-bond acceptors (Lipinski definition) is 2. The van der Waals surface area contributed by atoms with Gasteiger partial charge in [-0.3, -0.25) is 0 Å². The van der Waals surface area contributed by atoms with Crippen LogP contribution in [0.4, 0.5) is 0 Å². The Bertz CT molecular complexity index is 341. The van der Waals surface area contributed by atoms with Gasteiger partial charge in [-0.1, -0.05) is 38.1 Å². The predicted molar refractivity (Wildman–Crippen MR) is 65.1 cm³/mol. The fraction of sp³-hybridized carbons (Fsp3) is 0.125. The molecule has 0 aliphatic carbocycles. The topological polar surface area (TPSA) is 21.6 Å². The first-order valence-electron chi connectivity index (χ1n) is 3.98. The van der Waals surface area contributed by atoms with Gasteiger partial charge in [0.05, 0.1) is 6.21 Å². The van der Waals surface area contributed by atoms with Crippen LogP contribution in [0.15, 0.2) is 21.8 Å². The van der Waals surface area contributed by atoms with Gasteiger partial charge in [-0.25, -0.2) is 0 Å². The summed E-state index contributed by atoms with van der Waals surface area (Å²) in [5, 5.41) is 3.74. The third-order valence-corrected chi connectivity index (χ3v) is 2.43. The van der Waals surface area contributed by atoms with Crippen molar-refractivity contribution in [1.82, 2.24) is 0 Å². The van der Waals surface area contributed by atoms with E-state index in [1.807, 2.05) is 6.07 Å². The standard InChI is InChI=1S/C8H10B2BrNO/c1-13-12-4-5-2-6(11)3-7(9)8(5)10/h2-4H,9-10H2,1H3/b12-4+. The second kappa shape index (κ2) is 4.51. The average molecular weight is 238 g/mol. The highest BCUT2D eigenvalue weighted by molar-refractivity contribution is 9.10. The van der Waals surface area contributed by atoms with Crippen molar-refractivity contribution in [2.75, 3.05) is 7.11 Å². The van der Waals surface area contributed by atoms with Crippen LogP contribution in [-0.4, -0.2) is 29.0 Å². The Morgan fingerprint density at radius 3 is 2.77 bits per heavy atom. The minimum Gasteiger partial charge on any atom is -0.399 e. The molecule has 66 valence electrons. The molecule has 0 aliphatic heterocycles. The molecule has 0 bridgehead atoms. The van der Waals surface area contributed by atoms with Crippen molar-refractivity contribution >= 4 is 48.8 Å². The molecule has 1 aromatic carbocycles. The first-order valence-corrected chi connectivity index (χ1v) is 4.77. The van der Waals surface area contributed by atoms with Gasteiger partial charge in [0.1, 0.15) is 22.8 Å². The maximum absolute atomic E-state index is 4.63. The summed E-state index contributed by atoms with van der Waals surface area (Å²) in [7, 11) is 5.68. The Hall–Kier alpha value is -0.700. The molecule has 0 saturated carbocycles. The minimum absolute atomic E-state index is 1.06. The zero-order chi connectivity index (χ0) is 9.84. The van der Waals surface area contributed by atoms with E-state index in [1.54, 1.807) is 6.21 Å². The molecule has 0 spiro atoms. The lowest BCUT2D eigenvalue weighted by Crippen LogP contribution is -2.29. The number of oxime groups is 1. The van der Waals surface area contributed by atoms with E-state index in [0.717, 1.165) is 10.0 Å². The van der Waals surface area contributed by atoms with Crippen LogP contribution < -0.4 is 10.9 Å². The molecule has 1 aromatic rings. The molecule has 2 nitrogen and oxygen atoms in total. The molecule has 13 heavy (non-hydrogen) atoms. The van der Waals surface area contributed by atoms with Gasteiger partial charge in [-0.15, -0.1) is 0 Å². The molecule has 0 aromatic heterocycles. The molecule has 1 rings (SSSR count). The Balaban J connectivity index is 3.12. The number of halogens is 1. The monoisotopic (exact) mass is 237 g/mol. The zero-order valence-electron chi connectivity index (χ0n) is 7.97. The Morgan fingerprint density at radius 1 is 1.46 bits per heavy atom. The number of hydrogen-bond donors (Lipinski definition) is 0. The highest BCUT2D eigenvalue weighted by atomic mass is 79.9. The fourth-order valence-corrected chi connectivity index (χ4v) is 1.67. The summed E-state index contributed by atoms with van der Waals surface area (Å²) in [4.78, 5) is 4.63. The van der Waals surface area contributed by atoms with Crippen LogP contribution in [0.1, 0.15) is 5.56 Å². The quantitative estimate of drug-likeness (QED) is 0.365. The number of nitrogens with zero attached hydrogens (tertiary/aromatic N) is 1. The lowest BCUT2D eigenvalue weighted by molar-refractivity contribution is 0.215. The average Bonchev–Trinajstić information content (AvgIpc) is 2.09. The smallest absolute Gasteiger partial charge is 0.139 e. The van der Waals surface area contributed by atoms with Gasteiger partial charge in [-0.05, 0) is 11.6 Å². The van der Waals surface area contributed by atoms with Gasteiger partial charge >= 0.3 is 0 Å². The van der Waals surface area contributed by atoms with E-state index in [1.165, 1.54) is 18.0 Å². The van der Waals surface area contributed by atoms with E-state index in [4.69, 9.17) is 0 Å². The summed E-state index contributed by atoms with van der Waals surface area (Å²) in [6.07, 6.45) is 1.72. The van der Waals surface area contributed by atoms with Gasteiger partial charge in [0, 0.05) is 4.47 Å². The Kier molecular flexibility index (Phi) is 3.60. The molecule has 0 unspecified atom stereocenters. The second-order valence-electron chi connectivity index (χ2n) is 2.85. The molecule has 0 radical (unpaired) electrons. The molecule has 0 fully saturated rings. The molecule has 5 heteroatoms. The highest BCUT2D eigenvalue weighted by Gasteiger charge is 2.00. The summed E-state index contributed by atoms with van der Waals surface area (Å²) >= 11 is 3.44. The molecule has 0 saturated heterocycles. The molecule has 0 amide bonds. The van der Waals surface area contributed by atoms with E-state index in [9.17, 15) is 0 Å². The summed E-state index contributed by atoms with van der Waals surface area (Å²) in [6, 6.07) is 4.10. The minimum atomic E-state index is 1.06. The lowest BCUT2D eigenvalue weighted by Gasteiger charge is -2.05. The van der Waals surface area contributed by atoms with Crippen LogP contribution in [0.5, 0.6) is 0 Å². The van der Waals surface area contributed by atoms with E-state index in [0.29, 0.717) is 0 Å². The zero-order valence-corrected chi connectivity index (χ0v) is 9.55. The largest absolute Gasteiger partial charge is 0.399 e. The first-order chi connectivity index (χ1) is 6.15. The maximum Gasteiger partial charge on any atom is 0.139 e. The van der Waals surface area contributed by atoms with E-state index >= 15 is 0 Å². The summed E-state index contributed by atoms with van der Waals surface area (Å²) in [6.45, 7) is 0. The SMILES string of the molecule is Bc1cc(Br)cc(/C=N/OC)c1B. The molecule has 0 N–H and O–H groups in total. The summed E-state index contributed by atoms with van der Waals surface area (Å²) < 4.78 is 1.06. The first kappa shape index (κ1) is 10.4. The van der Waals surface area contributed by atoms with E-state index in [2.05, 4.69) is 47.7 Å². The molecule has 0 aliphatic rings. The summed E-state index contributed by atoms with van der Waals surface area (Å²) in [5.41, 5.74) is 3.55. The molecule has 0 heterocycles. The highest BCUT2D eigenvalue weighted by Crippen LogP contribution is 2.06. The van der Waals surface area contributed by atoms with Crippen molar-refractivity contribution < 1.29 is 4.84 Å². The van der Waals surface area contributed by atoms with Crippen LogP contribution in [0, 0.1) is 0 Å². The third-order valence-electron chi connectivity index (χ3n) is 1.97. The maximum atomic E-state index is 4.63. The van der Waals surface area contributed by atoms with Crippen molar-refractivity contribution in [2.24, 2.45) is 5.16 Å². The third kappa shape index (κ3) is 2.62. The summed E-state index contributed by atoms with van der Waals surface area (Å²) in [5.74, 6) is 0. The van der Waals surface area contributed by atoms with Crippen molar-refractivity contribution in [2.45, 2.75) is 0 Å². The van der Waals surface area contributed by atoms with Crippen molar-refractivity contribution in [3.63, 3.8) is 0 Å². The van der Waals surface area contributed by atoms with Gasteiger partial charge in [0.25, 0.3) is 0 Å². The normalized spacial score (nSPS) is 10.6. The molecular formula is C8H10B2BrNO. The van der Waals surface area contributed by atoms with Gasteiger partial charge in [-0.2, -0.15) is 0 Å². The second-order valence-corrected chi connectivity index (χ2v) is 3.77. The van der Waals surface area contributed by atoms with Gasteiger partial charge < -0.3 is 4.84 Å². The Labute approximate surface area is 88.3 Å². The van der Waals surface area contributed by atoms with Crippen LogP contribution in [0.25, 0.3) is 0 Å². The number of rotatable bonds is 2. The molecule has 0 atom stereocenters. The van der Waals surface area contributed by atoms with Crippen LogP contribution >= 0.6 is 15.9 Å². The lowest BCUT2D eigenvalue weighted by atomic mass is 9.78. The van der Waals surface area contributed by atoms with E-state index in [-0.39, 0.29) is 0 Å². The van der Waals surface area contributed by atoms with Crippen molar-refractivity contribution in [3.05, 3.63) is 22.2 Å². The van der Waals surface area contributed by atoms with E-state index < -0.39 is 0 Å². The molecular weight excluding hydrogens is 228 g/mol. The van der Waals surface area contributed by atoms with Crippen molar-refractivity contribution in [3.8, 4) is 0 Å². The van der Waals surface area contributed by atoms with Crippen molar-refractivity contribution in [1.29, 1.82) is 0 Å². The Morgan fingerprint density at radius 2 is 2.15 bits per heavy atom. The van der Waals surface area contributed by atoms with Crippen LogP contribution in [-0.2, 0) is 4.84 Å².